The number of esters is 1. The van der Waals surface area contributed by atoms with Crippen molar-refractivity contribution < 1.29 is 18.5 Å². The Hall–Kier alpha value is -1.69. The molecule has 1 amide bonds. The smallest absolute Gasteiger partial charge is 0.339 e. The van der Waals surface area contributed by atoms with Crippen LogP contribution in [-0.4, -0.2) is 35.0 Å². The van der Waals surface area contributed by atoms with Crippen LogP contribution in [-0.2, 0) is 20.3 Å². The van der Waals surface area contributed by atoms with Gasteiger partial charge >= 0.3 is 5.97 Å². The average Bonchev–Trinajstić information content (AvgIpc) is 2.54. The molecule has 1 fully saturated rings. The van der Waals surface area contributed by atoms with E-state index in [2.05, 4.69) is 12.2 Å². The first-order valence-corrected chi connectivity index (χ1v) is 9.43. The first-order valence-electron chi connectivity index (χ1n) is 7.88. The Bertz CT molecular complexity index is 602. The van der Waals surface area contributed by atoms with Gasteiger partial charge in [-0.15, -0.1) is 0 Å². The number of hydrogen-bond acceptors (Lipinski definition) is 4. The fourth-order valence-corrected chi connectivity index (χ4v) is 3.61. The standard InChI is InChI=1S/C17H23NO4S/c1-12-7-3-5-9-14(12)18-16(19)11-22-17(20)13-8-4-6-10-15(13)23(2)21/h4,6,8,10,12,14H,3,5,7,9,11H2,1-2H3,(H,18,19)/t12-,14+,23-/m1/s1. The molecule has 126 valence electrons. The minimum Gasteiger partial charge on any atom is -0.452 e. The Balaban J connectivity index is 1.89. The van der Waals surface area contributed by atoms with Crippen molar-refractivity contribution >= 4 is 22.7 Å². The molecule has 1 aliphatic rings. The molecule has 1 aromatic carbocycles. The van der Waals surface area contributed by atoms with Gasteiger partial charge in [0, 0.05) is 12.3 Å². The van der Waals surface area contributed by atoms with Crippen molar-refractivity contribution in [3.63, 3.8) is 0 Å². The number of rotatable bonds is 5. The van der Waals surface area contributed by atoms with E-state index in [-0.39, 0.29) is 24.1 Å². The lowest BCUT2D eigenvalue weighted by molar-refractivity contribution is -0.125. The van der Waals surface area contributed by atoms with Crippen LogP contribution >= 0.6 is 0 Å². The monoisotopic (exact) mass is 337 g/mol. The van der Waals surface area contributed by atoms with Crippen molar-refractivity contribution in [1.29, 1.82) is 0 Å². The summed E-state index contributed by atoms with van der Waals surface area (Å²) in [6.45, 7) is 1.82. The van der Waals surface area contributed by atoms with Crippen LogP contribution in [0.1, 0.15) is 43.0 Å². The van der Waals surface area contributed by atoms with Crippen LogP contribution in [0.5, 0.6) is 0 Å². The highest BCUT2D eigenvalue weighted by atomic mass is 32.2. The zero-order valence-electron chi connectivity index (χ0n) is 13.5. The molecule has 2 rings (SSSR count). The second-order valence-corrected chi connectivity index (χ2v) is 7.31. The Kier molecular flexibility index (Phi) is 6.33. The number of ether oxygens (including phenoxy) is 1. The molecule has 0 bridgehead atoms. The summed E-state index contributed by atoms with van der Waals surface area (Å²) in [4.78, 5) is 24.5. The summed E-state index contributed by atoms with van der Waals surface area (Å²) in [5, 5.41) is 2.94. The SMILES string of the molecule is C[C@@H]1CCCC[C@@H]1NC(=O)COC(=O)c1ccccc1[S@@](C)=O. The van der Waals surface area contributed by atoms with Gasteiger partial charge in [0.1, 0.15) is 0 Å². The first kappa shape index (κ1) is 17.7. The maximum atomic E-state index is 12.1. The van der Waals surface area contributed by atoms with E-state index < -0.39 is 16.8 Å². The van der Waals surface area contributed by atoms with Crippen molar-refractivity contribution in [3.8, 4) is 0 Å². The molecule has 1 saturated carbocycles. The maximum absolute atomic E-state index is 12.1. The number of carbonyl (C=O) groups excluding carboxylic acids is 2. The van der Waals surface area contributed by atoms with E-state index in [9.17, 15) is 13.8 Å². The predicted octanol–water partition coefficient (Wildman–Crippen LogP) is 2.28. The molecule has 23 heavy (non-hydrogen) atoms. The fourth-order valence-electron chi connectivity index (χ4n) is 2.87. The molecule has 0 aliphatic heterocycles. The quantitative estimate of drug-likeness (QED) is 0.837. The van der Waals surface area contributed by atoms with Gasteiger partial charge in [0.2, 0.25) is 0 Å². The average molecular weight is 337 g/mol. The largest absolute Gasteiger partial charge is 0.452 e. The molecule has 0 unspecified atom stereocenters. The van der Waals surface area contributed by atoms with E-state index in [1.807, 2.05) is 0 Å². The molecular weight excluding hydrogens is 314 g/mol. The minimum atomic E-state index is -1.29. The molecule has 0 heterocycles. The van der Waals surface area contributed by atoms with Gasteiger partial charge < -0.3 is 10.1 Å². The van der Waals surface area contributed by atoms with Gasteiger partial charge in [0.05, 0.1) is 21.3 Å². The van der Waals surface area contributed by atoms with Gasteiger partial charge in [-0.05, 0) is 30.9 Å². The molecule has 1 aromatic rings. The fraction of sp³-hybridized carbons (Fsp3) is 0.529. The number of carbonyl (C=O) groups is 2. The normalized spacial score (nSPS) is 22.2. The van der Waals surface area contributed by atoms with Crippen LogP contribution in [0, 0.1) is 5.92 Å². The summed E-state index contributed by atoms with van der Waals surface area (Å²) in [7, 11) is -1.29. The summed E-state index contributed by atoms with van der Waals surface area (Å²) < 4.78 is 16.7. The third-order valence-electron chi connectivity index (χ3n) is 4.21. The van der Waals surface area contributed by atoms with Crippen LogP contribution in [0.15, 0.2) is 29.2 Å². The van der Waals surface area contributed by atoms with Gasteiger partial charge in [-0.2, -0.15) is 0 Å². The Morgan fingerprint density at radius 3 is 2.65 bits per heavy atom. The third-order valence-corrected chi connectivity index (χ3v) is 5.18. The van der Waals surface area contributed by atoms with E-state index >= 15 is 0 Å². The number of amides is 1. The van der Waals surface area contributed by atoms with Crippen molar-refractivity contribution in [3.05, 3.63) is 29.8 Å². The van der Waals surface area contributed by atoms with Crippen LogP contribution in [0.4, 0.5) is 0 Å². The van der Waals surface area contributed by atoms with Crippen molar-refractivity contribution in [2.45, 2.75) is 43.5 Å². The molecule has 1 aliphatic carbocycles. The van der Waals surface area contributed by atoms with E-state index in [4.69, 9.17) is 4.74 Å². The zero-order valence-corrected chi connectivity index (χ0v) is 14.4. The van der Waals surface area contributed by atoms with Crippen LogP contribution < -0.4 is 5.32 Å². The molecule has 0 saturated heterocycles. The Labute approximate surface area is 139 Å². The molecule has 3 atom stereocenters. The van der Waals surface area contributed by atoms with E-state index in [1.54, 1.807) is 24.3 Å². The molecule has 0 spiro atoms. The molecule has 6 heteroatoms. The molecular formula is C17H23NO4S. The molecule has 1 N–H and O–H groups in total. The highest BCUT2D eigenvalue weighted by Crippen LogP contribution is 2.23. The van der Waals surface area contributed by atoms with E-state index in [0.29, 0.717) is 10.8 Å². The van der Waals surface area contributed by atoms with Gasteiger partial charge in [0.25, 0.3) is 5.91 Å². The lowest BCUT2D eigenvalue weighted by Gasteiger charge is -2.29. The molecule has 5 nitrogen and oxygen atoms in total. The lowest BCUT2D eigenvalue weighted by Crippen LogP contribution is -2.42. The number of hydrogen-bond donors (Lipinski definition) is 1. The van der Waals surface area contributed by atoms with Crippen molar-refractivity contribution in [2.75, 3.05) is 12.9 Å². The zero-order chi connectivity index (χ0) is 16.8. The van der Waals surface area contributed by atoms with Gasteiger partial charge in [-0.3, -0.25) is 9.00 Å². The topological polar surface area (TPSA) is 72.5 Å². The lowest BCUT2D eigenvalue weighted by atomic mass is 9.86. The highest BCUT2D eigenvalue weighted by Gasteiger charge is 2.23. The summed E-state index contributed by atoms with van der Waals surface area (Å²) in [5.74, 6) is -0.457. The Morgan fingerprint density at radius 1 is 1.26 bits per heavy atom. The first-order chi connectivity index (χ1) is 11.0. The summed E-state index contributed by atoms with van der Waals surface area (Å²) in [5.41, 5.74) is 0.243. The molecule has 0 aromatic heterocycles. The molecule has 0 radical (unpaired) electrons. The van der Waals surface area contributed by atoms with Gasteiger partial charge in [-0.25, -0.2) is 4.79 Å². The summed E-state index contributed by atoms with van der Waals surface area (Å²) >= 11 is 0. The maximum Gasteiger partial charge on any atom is 0.339 e. The number of benzene rings is 1. The third kappa shape index (κ3) is 4.89. The van der Waals surface area contributed by atoms with E-state index in [1.165, 1.54) is 12.7 Å². The summed E-state index contributed by atoms with van der Waals surface area (Å²) in [6, 6.07) is 6.73. The summed E-state index contributed by atoms with van der Waals surface area (Å²) in [6.07, 6.45) is 5.90. The van der Waals surface area contributed by atoms with Crippen LogP contribution in [0.25, 0.3) is 0 Å². The van der Waals surface area contributed by atoms with Crippen molar-refractivity contribution in [1.82, 2.24) is 5.32 Å². The van der Waals surface area contributed by atoms with Gasteiger partial charge in [-0.1, -0.05) is 31.9 Å². The second-order valence-electron chi connectivity index (χ2n) is 5.96. The highest BCUT2D eigenvalue weighted by molar-refractivity contribution is 7.84. The van der Waals surface area contributed by atoms with Crippen molar-refractivity contribution in [2.24, 2.45) is 5.92 Å². The second kappa shape index (κ2) is 8.24. The Morgan fingerprint density at radius 2 is 1.96 bits per heavy atom. The van der Waals surface area contributed by atoms with Crippen LogP contribution in [0.2, 0.25) is 0 Å². The minimum absolute atomic E-state index is 0.158. The van der Waals surface area contributed by atoms with E-state index in [0.717, 1.165) is 19.3 Å². The predicted molar refractivity (Wildman–Crippen MR) is 88.6 cm³/mol. The number of nitrogens with one attached hydrogen (secondary N) is 1. The van der Waals surface area contributed by atoms with Crippen LogP contribution in [0.3, 0.4) is 0 Å². The van der Waals surface area contributed by atoms with Gasteiger partial charge in [0.15, 0.2) is 6.61 Å².